The van der Waals surface area contributed by atoms with Crippen molar-refractivity contribution < 1.29 is 4.79 Å². The quantitative estimate of drug-likeness (QED) is 0.822. The van der Waals surface area contributed by atoms with Crippen LogP contribution in [-0.4, -0.2) is 18.0 Å². The van der Waals surface area contributed by atoms with E-state index >= 15 is 0 Å². The predicted octanol–water partition coefficient (Wildman–Crippen LogP) is 2.98. The van der Waals surface area contributed by atoms with Crippen molar-refractivity contribution in [2.45, 2.75) is 83.2 Å². The van der Waals surface area contributed by atoms with Gasteiger partial charge >= 0.3 is 0 Å². The molecule has 0 aliphatic heterocycles. The zero-order valence-electron chi connectivity index (χ0n) is 12.4. The molecular formula is C16H30N2O. The molecule has 2 fully saturated rings. The second kappa shape index (κ2) is 7.28. The Morgan fingerprint density at radius 2 is 1.74 bits per heavy atom. The van der Waals surface area contributed by atoms with Crippen LogP contribution in [0.25, 0.3) is 0 Å². The first-order chi connectivity index (χ1) is 9.16. The molecule has 2 aliphatic carbocycles. The van der Waals surface area contributed by atoms with Gasteiger partial charge in [0.15, 0.2) is 0 Å². The van der Waals surface area contributed by atoms with E-state index in [2.05, 4.69) is 12.2 Å². The third-order valence-corrected chi connectivity index (χ3v) is 5.09. The van der Waals surface area contributed by atoms with Crippen molar-refractivity contribution in [1.29, 1.82) is 0 Å². The van der Waals surface area contributed by atoms with E-state index in [1.807, 2.05) is 0 Å². The van der Waals surface area contributed by atoms with Gasteiger partial charge < -0.3 is 11.1 Å². The van der Waals surface area contributed by atoms with Crippen LogP contribution < -0.4 is 11.1 Å². The number of nitrogens with one attached hydrogen (secondary N) is 1. The van der Waals surface area contributed by atoms with Crippen LogP contribution in [0.2, 0.25) is 0 Å². The zero-order valence-corrected chi connectivity index (χ0v) is 12.4. The van der Waals surface area contributed by atoms with Crippen LogP contribution in [0.1, 0.15) is 71.1 Å². The fourth-order valence-corrected chi connectivity index (χ4v) is 3.71. The minimum atomic E-state index is -0.294. The van der Waals surface area contributed by atoms with Crippen LogP contribution in [-0.2, 0) is 4.79 Å². The monoisotopic (exact) mass is 266 g/mol. The maximum atomic E-state index is 12.2. The predicted molar refractivity (Wildman–Crippen MR) is 78.7 cm³/mol. The zero-order chi connectivity index (χ0) is 13.7. The van der Waals surface area contributed by atoms with Crippen LogP contribution in [0.3, 0.4) is 0 Å². The van der Waals surface area contributed by atoms with Gasteiger partial charge in [0.05, 0.1) is 6.04 Å². The summed E-state index contributed by atoms with van der Waals surface area (Å²) in [5.74, 6) is 1.38. The molecule has 0 heterocycles. The molecule has 2 rings (SSSR count). The third kappa shape index (κ3) is 4.48. The van der Waals surface area contributed by atoms with E-state index in [9.17, 15) is 4.79 Å². The molecule has 3 N–H and O–H groups in total. The summed E-state index contributed by atoms with van der Waals surface area (Å²) in [6.45, 7) is 2.25. The summed E-state index contributed by atoms with van der Waals surface area (Å²) in [5, 5.41) is 3.19. The van der Waals surface area contributed by atoms with Crippen LogP contribution in [0.4, 0.5) is 0 Å². The molecular weight excluding hydrogens is 236 g/mol. The highest BCUT2D eigenvalue weighted by molar-refractivity contribution is 5.81. The molecule has 0 aromatic carbocycles. The van der Waals surface area contributed by atoms with E-state index in [0.29, 0.717) is 17.9 Å². The average molecular weight is 266 g/mol. The SMILES string of the molecule is CC1CCCCC1NC(=O)C(N)CC1CCCCC1. The Bertz CT molecular complexity index is 286. The summed E-state index contributed by atoms with van der Waals surface area (Å²) < 4.78 is 0. The van der Waals surface area contributed by atoms with Gasteiger partial charge in [0.25, 0.3) is 0 Å². The Labute approximate surface area is 117 Å². The van der Waals surface area contributed by atoms with E-state index in [-0.39, 0.29) is 11.9 Å². The van der Waals surface area contributed by atoms with Gasteiger partial charge in [-0.25, -0.2) is 0 Å². The highest BCUT2D eigenvalue weighted by atomic mass is 16.2. The van der Waals surface area contributed by atoms with Gasteiger partial charge in [-0.3, -0.25) is 4.79 Å². The van der Waals surface area contributed by atoms with Gasteiger partial charge in [0, 0.05) is 6.04 Å². The number of carbonyl (C=O) groups is 1. The van der Waals surface area contributed by atoms with Crippen LogP contribution in [0.5, 0.6) is 0 Å². The van der Waals surface area contributed by atoms with Gasteiger partial charge in [-0.2, -0.15) is 0 Å². The maximum absolute atomic E-state index is 12.2. The highest BCUT2D eigenvalue weighted by Gasteiger charge is 2.26. The lowest BCUT2D eigenvalue weighted by atomic mass is 9.84. The first-order valence-corrected chi connectivity index (χ1v) is 8.22. The molecule has 2 aliphatic rings. The second-order valence-electron chi connectivity index (χ2n) is 6.72. The summed E-state index contributed by atoms with van der Waals surface area (Å²) in [6, 6.07) is 0.0656. The Morgan fingerprint density at radius 1 is 1.11 bits per heavy atom. The minimum Gasteiger partial charge on any atom is -0.352 e. The number of carbonyl (C=O) groups excluding carboxylic acids is 1. The maximum Gasteiger partial charge on any atom is 0.237 e. The number of amides is 1. The molecule has 0 bridgehead atoms. The van der Waals surface area contributed by atoms with Crippen LogP contribution in [0.15, 0.2) is 0 Å². The van der Waals surface area contributed by atoms with E-state index in [4.69, 9.17) is 5.73 Å². The summed E-state index contributed by atoms with van der Waals surface area (Å²) in [7, 11) is 0. The molecule has 19 heavy (non-hydrogen) atoms. The van der Waals surface area contributed by atoms with Crippen molar-refractivity contribution in [3.05, 3.63) is 0 Å². The molecule has 0 spiro atoms. The first kappa shape index (κ1) is 14.8. The summed E-state index contributed by atoms with van der Waals surface area (Å²) in [4.78, 5) is 12.2. The standard InChI is InChI=1S/C16H30N2O/c1-12-7-5-6-10-15(12)18-16(19)14(17)11-13-8-3-2-4-9-13/h12-15H,2-11,17H2,1H3,(H,18,19). The molecule has 2 saturated carbocycles. The fourth-order valence-electron chi connectivity index (χ4n) is 3.71. The second-order valence-corrected chi connectivity index (χ2v) is 6.72. The highest BCUT2D eigenvalue weighted by Crippen LogP contribution is 2.27. The Kier molecular flexibility index (Phi) is 5.68. The molecule has 0 radical (unpaired) electrons. The molecule has 110 valence electrons. The number of hydrogen-bond donors (Lipinski definition) is 2. The lowest BCUT2D eigenvalue weighted by molar-refractivity contribution is -0.124. The number of nitrogens with two attached hydrogens (primary N) is 1. The van der Waals surface area contributed by atoms with Gasteiger partial charge in [-0.15, -0.1) is 0 Å². The molecule has 3 heteroatoms. The minimum absolute atomic E-state index is 0.0873. The smallest absolute Gasteiger partial charge is 0.237 e. The van der Waals surface area contributed by atoms with Crippen molar-refractivity contribution in [2.24, 2.45) is 17.6 Å². The normalized spacial score (nSPS) is 30.8. The van der Waals surface area contributed by atoms with E-state index in [1.54, 1.807) is 0 Å². The van der Waals surface area contributed by atoms with Gasteiger partial charge in [-0.05, 0) is 31.1 Å². The summed E-state index contributed by atoms with van der Waals surface area (Å²) in [5.41, 5.74) is 6.10. The fraction of sp³-hybridized carbons (Fsp3) is 0.938. The molecule has 3 nitrogen and oxygen atoms in total. The van der Waals surface area contributed by atoms with Crippen LogP contribution >= 0.6 is 0 Å². The largest absolute Gasteiger partial charge is 0.352 e. The number of rotatable bonds is 4. The van der Waals surface area contributed by atoms with Crippen LogP contribution in [0, 0.1) is 11.8 Å². The van der Waals surface area contributed by atoms with Crippen molar-refractivity contribution in [2.75, 3.05) is 0 Å². The Morgan fingerprint density at radius 3 is 2.42 bits per heavy atom. The first-order valence-electron chi connectivity index (χ1n) is 8.22. The molecule has 3 atom stereocenters. The summed E-state index contributed by atoms with van der Waals surface area (Å²) >= 11 is 0. The Hall–Kier alpha value is -0.570. The van der Waals surface area contributed by atoms with Crippen molar-refractivity contribution in [3.63, 3.8) is 0 Å². The lowest BCUT2D eigenvalue weighted by Gasteiger charge is -2.31. The molecule has 0 saturated heterocycles. The molecule has 0 aromatic heterocycles. The lowest BCUT2D eigenvalue weighted by Crippen LogP contribution is -2.49. The van der Waals surface area contributed by atoms with E-state index in [1.165, 1.54) is 51.4 Å². The topological polar surface area (TPSA) is 55.1 Å². The van der Waals surface area contributed by atoms with Gasteiger partial charge in [0.1, 0.15) is 0 Å². The molecule has 1 amide bonds. The van der Waals surface area contributed by atoms with Gasteiger partial charge in [-0.1, -0.05) is 51.9 Å². The van der Waals surface area contributed by atoms with E-state index < -0.39 is 0 Å². The van der Waals surface area contributed by atoms with E-state index in [0.717, 1.165) is 12.8 Å². The van der Waals surface area contributed by atoms with Crippen molar-refractivity contribution in [1.82, 2.24) is 5.32 Å². The molecule has 0 aromatic rings. The number of hydrogen-bond acceptors (Lipinski definition) is 2. The summed E-state index contributed by atoms with van der Waals surface area (Å²) in [6.07, 6.45) is 12.3. The average Bonchev–Trinajstić information content (AvgIpc) is 2.42. The molecule has 3 unspecified atom stereocenters. The third-order valence-electron chi connectivity index (χ3n) is 5.09. The van der Waals surface area contributed by atoms with Crippen molar-refractivity contribution in [3.8, 4) is 0 Å². The Balaban J connectivity index is 1.74. The van der Waals surface area contributed by atoms with Crippen molar-refractivity contribution >= 4 is 5.91 Å². The van der Waals surface area contributed by atoms with Gasteiger partial charge in [0.2, 0.25) is 5.91 Å².